The lowest BCUT2D eigenvalue weighted by Gasteiger charge is -2.17. The smallest absolute Gasteiger partial charge is 0.326 e. The molecule has 0 spiro atoms. The van der Waals surface area contributed by atoms with Gasteiger partial charge in [0.15, 0.2) is 0 Å². The van der Waals surface area contributed by atoms with Gasteiger partial charge in [0, 0.05) is 4.90 Å². The van der Waals surface area contributed by atoms with E-state index in [0.29, 0.717) is 0 Å². The summed E-state index contributed by atoms with van der Waals surface area (Å²) >= 11 is 1.42. The Morgan fingerprint density at radius 1 is 1.20 bits per heavy atom. The van der Waals surface area contributed by atoms with Gasteiger partial charge in [-0.15, -0.1) is 11.8 Å². The van der Waals surface area contributed by atoms with Crippen molar-refractivity contribution in [2.24, 2.45) is 5.92 Å². The molecule has 0 saturated carbocycles. The number of carbonyl (C=O) groups excluding carboxylic acids is 1. The predicted octanol–water partition coefficient (Wildman–Crippen LogP) is 2.62. The van der Waals surface area contributed by atoms with E-state index in [4.69, 9.17) is 5.11 Å². The molecule has 0 aliphatic carbocycles. The van der Waals surface area contributed by atoms with Crippen molar-refractivity contribution >= 4 is 23.6 Å². The first-order chi connectivity index (χ1) is 9.29. The lowest BCUT2D eigenvalue weighted by atomic mass is 10.1. The highest BCUT2D eigenvalue weighted by Gasteiger charge is 2.23. The van der Waals surface area contributed by atoms with E-state index in [1.165, 1.54) is 11.8 Å². The summed E-state index contributed by atoms with van der Waals surface area (Å²) in [5.74, 6) is -1.16. The Morgan fingerprint density at radius 3 is 2.20 bits per heavy atom. The molecule has 0 saturated heterocycles. The molecule has 5 heteroatoms. The van der Waals surface area contributed by atoms with Crippen LogP contribution in [0, 0.1) is 19.8 Å². The minimum absolute atomic E-state index is 0.136. The van der Waals surface area contributed by atoms with Gasteiger partial charge in [-0.2, -0.15) is 0 Å². The molecular formula is C15H21NO3S. The van der Waals surface area contributed by atoms with Gasteiger partial charge in [-0.1, -0.05) is 19.9 Å². The van der Waals surface area contributed by atoms with Gasteiger partial charge in [-0.25, -0.2) is 4.79 Å². The molecule has 4 nitrogen and oxygen atoms in total. The van der Waals surface area contributed by atoms with Crippen molar-refractivity contribution in [1.82, 2.24) is 5.32 Å². The van der Waals surface area contributed by atoms with E-state index < -0.39 is 12.0 Å². The van der Waals surface area contributed by atoms with E-state index in [2.05, 4.69) is 11.4 Å². The third kappa shape index (κ3) is 5.25. The summed E-state index contributed by atoms with van der Waals surface area (Å²) < 4.78 is 0. The molecule has 0 radical (unpaired) electrons. The minimum atomic E-state index is -0.996. The summed E-state index contributed by atoms with van der Waals surface area (Å²) in [6.07, 6.45) is 0. The average Bonchev–Trinajstić information content (AvgIpc) is 2.31. The molecular weight excluding hydrogens is 274 g/mol. The molecule has 1 atom stereocenters. The molecule has 110 valence electrons. The van der Waals surface area contributed by atoms with Gasteiger partial charge in [0.05, 0.1) is 5.75 Å². The highest BCUT2D eigenvalue weighted by Crippen LogP contribution is 2.20. The standard InChI is InChI=1S/C15H21NO3S/c1-9(2)14(15(18)19)16-13(17)8-20-12-6-10(3)5-11(4)7-12/h5-7,9,14H,8H2,1-4H3,(H,16,17)(H,18,19). The first kappa shape index (κ1) is 16.6. The highest BCUT2D eigenvalue weighted by molar-refractivity contribution is 8.00. The number of nitrogens with one attached hydrogen (secondary N) is 1. The molecule has 20 heavy (non-hydrogen) atoms. The van der Waals surface area contributed by atoms with Crippen LogP contribution in [0.5, 0.6) is 0 Å². The van der Waals surface area contributed by atoms with Crippen LogP contribution in [-0.4, -0.2) is 28.8 Å². The van der Waals surface area contributed by atoms with Crippen molar-refractivity contribution in [3.8, 4) is 0 Å². The highest BCUT2D eigenvalue weighted by atomic mass is 32.2. The van der Waals surface area contributed by atoms with Gasteiger partial charge in [-0.3, -0.25) is 4.79 Å². The van der Waals surface area contributed by atoms with Crippen molar-refractivity contribution in [2.75, 3.05) is 5.75 Å². The Labute approximate surface area is 124 Å². The third-order valence-electron chi connectivity index (χ3n) is 2.81. The number of aryl methyl sites for hydroxylation is 2. The molecule has 0 heterocycles. The molecule has 0 bridgehead atoms. The number of carboxylic acid groups (broad SMARTS) is 1. The monoisotopic (exact) mass is 295 g/mol. The largest absolute Gasteiger partial charge is 0.480 e. The number of rotatable bonds is 6. The van der Waals surface area contributed by atoms with Crippen LogP contribution in [0.25, 0.3) is 0 Å². The summed E-state index contributed by atoms with van der Waals surface area (Å²) in [6, 6.07) is 5.27. The van der Waals surface area contributed by atoms with E-state index in [1.807, 2.05) is 26.0 Å². The third-order valence-corrected chi connectivity index (χ3v) is 3.79. The van der Waals surface area contributed by atoms with Gasteiger partial charge in [0.1, 0.15) is 6.04 Å². The number of hydrogen-bond acceptors (Lipinski definition) is 3. The quantitative estimate of drug-likeness (QED) is 0.792. The number of aliphatic carboxylic acids is 1. The molecule has 2 N–H and O–H groups in total. The van der Waals surface area contributed by atoms with Crippen LogP contribution >= 0.6 is 11.8 Å². The zero-order chi connectivity index (χ0) is 15.3. The van der Waals surface area contributed by atoms with E-state index in [0.717, 1.165) is 16.0 Å². The van der Waals surface area contributed by atoms with Crippen molar-refractivity contribution in [3.63, 3.8) is 0 Å². The fourth-order valence-corrected chi connectivity index (χ4v) is 2.81. The molecule has 1 rings (SSSR count). The SMILES string of the molecule is Cc1cc(C)cc(SCC(=O)NC(C(=O)O)C(C)C)c1. The van der Waals surface area contributed by atoms with E-state index in [1.54, 1.807) is 13.8 Å². The molecule has 1 unspecified atom stereocenters. The number of carbonyl (C=O) groups is 2. The van der Waals surface area contributed by atoms with Crippen LogP contribution in [-0.2, 0) is 9.59 Å². The van der Waals surface area contributed by atoms with Crippen LogP contribution in [0.4, 0.5) is 0 Å². The average molecular weight is 295 g/mol. The Bertz CT molecular complexity index is 480. The van der Waals surface area contributed by atoms with Crippen molar-refractivity contribution in [2.45, 2.75) is 38.6 Å². The maximum atomic E-state index is 11.8. The Kier molecular flexibility index (Phi) is 6.07. The van der Waals surface area contributed by atoms with Crippen LogP contribution in [0.1, 0.15) is 25.0 Å². The molecule has 0 aliphatic rings. The van der Waals surface area contributed by atoms with E-state index >= 15 is 0 Å². The van der Waals surface area contributed by atoms with Crippen molar-refractivity contribution in [3.05, 3.63) is 29.3 Å². The second-order valence-corrected chi connectivity index (χ2v) is 6.29. The Morgan fingerprint density at radius 2 is 1.75 bits per heavy atom. The number of carboxylic acids is 1. The molecule has 0 aromatic heterocycles. The normalized spacial score (nSPS) is 12.2. The first-order valence-electron chi connectivity index (χ1n) is 6.53. The Balaban J connectivity index is 2.56. The topological polar surface area (TPSA) is 66.4 Å². The van der Waals surface area contributed by atoms with Crippen LogP contribution in [0.15, 0.2) is 23.1 Å². The summed E-state index contributed by atoms with van der Waals surface area (Å²) in [5, 5.41) is 11.6. The molecule has 1 aromatic rings. The lowest BCUT2D eigenvalue weighted by Crippen LogP contribution is -2.45. The Hall–Kier alpha value is -1.49. The van der Waals surface area contributed by atoms with Gasteiger partial charge < -0.3 is 10.4 Å². The van der Waals surface area contributed by atoms with Crippen molar-refractivity contribution < 1.29 is 14.7 Å². The zero-order valence-corrected chi connectivity index (χ0v) is 13.1. The maximum Gasteiger partial charge on any atom is 0.326 e. The summed E-state index contributed by atoms with van der Waals surface area (Å²) in [7, 11) is 0. The van der Waals surface area contributed by atoms with Gasteiger partial charge in [0.25, 0.3) is 0 Å². The van der Waals surface area contributed by atoms with E-state index in [-0.39, 0.29) is 17.6 Å². The minimum Gasteiger partial charge on any atom is -0.480 e. The molecule has 1 amide bonds. The van der Waals surface area contributed by atoms with Gasteiger partial charge in [0.2, 0.25) is 5.91 Å². The van der Waals surface area contributed by atoms with Crippen LogP contribution in [0.2, 0.25) is 0 Å². The second-order valence-electron chi connectivity index (χ2n) is 5.24. The van der Waals surface area contributed by atoms with Crippen LogP contribution < -0.4 is 5.32 Å². The second kappa shape index (κ2) is 7.33. The number of thioether (sulfide) groups is 1. The zero-order valence-electron chi connectivity index (χ0n) is 12.3. The predicted molar refractivity (Wildman–Crippen MR) is 81.0 cm³/mol. The van der Waals surface area contributed by atoms with Gasteiger partial charge in [-0.05, 0) is 43.0 Å². The number of benzene rings is 1. The first-order valence-corrected chi connectivity index (χ1v) is 7.51. The molecule has 1 aromatic carbocycles. The summed E-state index contributed by atoms with van der Waals surface area (Å²) in [4.78, 5) is 23.9. The maximum absolute atomic E-state index is 11.8. The van der Waals surface area contributed by atoms with Crippen LogP contribution in [0.3, 0.4) is 0 Å². The summed E-state index contributed by atoms with van der Waals surface area (Å²) in [6.45, 7) is 7.57. The number of amides is 1. The van der Waals surface area contributed by atoms with Crippen molar-refractivity contribution in [1.29, 1.82) is 0 Å². The van der Waals surface area contributed by atoms with Gasteiger partial charge >= 0.3 is 5.97 Å². The molecule has 0 aliphatic heterocycles. The fraction of sp³-hybridized carbons (Fsp3) is 0.467. The number of hydrogen-bond donors (Lipinski definition) is 2. The lowest BCUT2D eigenvalue weighted by molar-refractivity contribution is -0.142. The molecule has 0 fully saturated rings. The summed E-state index contributed by atoms with van der Waals surface area (Å²) in [5.41, 5.74) is 2.30. The van der Waals surface area contributed by atoms with E-state index in [9.17, 15) is 9.59 Å². The fourth-order valence-electron chi connectivity index (χ4n) is 1.89.